The van der Waals surface area contributed by atoms with E-state index in [0.29, 0.717) is 35.2 Å². The van der Waals surface area contributed by atoms with Gasteiger partial charge in [-0.25, -0.2) is 4.99 Å². The highest BCUT2D eigenvalue weighted by Crippen LogP contribution is 2.32. The Bertz CT molecular complexity index is 1310. The fraction of sp³-hybridized carbons (Fsp3) is 0.318. The van der Waals surface area contributed by atoms with E-state index in [0.717, 1.165) is 11.3 Å². The zero-order valence-electron chi connectivity index (χ0n) is 19.6. The molecule has 1 amide bonds. The molecule has 4 rings (SSSR count). The summed E-state index contributed by atoms with van der Waals surface area (Å²) in [5.74, 6) is -0.984. The van der Waals surface area contributed by atoms with Crippen LogP contribution in [0.5, 0.6) is 0 Å². The third-order valence-corrected chi connectivity index (χ3v) is 6.17. The highest BCUT2D eigenvalue weighted by Gasteiger charge is 2.38. The molecule has 3 aromatic rings. The van der Waals surface area contributed by atoms with Gasteiger partial charge in [0.15, 0.2) is 5.82 Å². The molecule has 0 radical (unpaired) electrons. The van der Waals surface area contributed by atoms with Gasteiger partial charge < -0.3 is 19.1 Å². The minimum Gasteiger partial charge on any atom is -0.361 e. The molecule has 37 heavy (non-hydrogen) atoms. The molecule has 1 aliphatic heterocycles. The molecule has 0 spiro atoms. The standard InChI is InChI=1S/C22H21F3N8O3S/c1-14(27-7-6-26-2)33(18-10-15(11-28-30-18)20(34)32-8-3-9-35-13-32)12-16-4-5-17(37-16)19-29-21(36-31-19)22(23,24)25/h4-7,10-11H,2-3,8-9,12-13H2,1H3/b7-6-,27-14?. The van der Waals surface area contributed by atoms with Crippen LogP contribution in [0.4, 0.5) is 19.0 Å². The number of nitrogens with zero attached hydrogens (tertiary/aromatic N) is 8. The fourth-order valence-electron chi connectivity index (χ4n) is 3.34. The molecule has 0 saturated carbocycles. The molecule has 4 heterocycles. The van der Waals surface area contributed by atoms with Crippen LogP contribution in [0.15, 0.2) is 51.3 Å². The molecule has 194 valence electrons. The van der Waals surface area contributed by atoms with Gasteiger partial charge >= 0.3 is 12.1 Å². The van der Waals surface area contributed by atoms with E-state index in [4.69, 9.17) is 4.74 Å². The lowest BCUT2D eigenvalue weighted by atomic mass is 10.2. The van der Waals surface area contributed by atoms with Gasteiger partial charge in [0, 0.05) is 23.8 Å². The summed E-state index contributed by atoms with van der Waals surface area (Å²) in [5, 5.41) is 11.6. The van der Waals surface area contributed by atoms with Crippen molar-refractivity contribution in [3.8, 4) is 10.7 Å². The maximum Gasteiger partial charge on any atom is 0.471 e. The second-order valence-electron chi connectivity index (χ2n) is 7.69. The largest absolute Gasteiger partial charge is 0.471 e. The Labute approximate surface area is 213 Å². The molecular weight excluding hydrogens is 513 g/mol. The maximum absolute atomic E-state index is 12.9. The van der Waals surface area contributed by atoms with E-state index in [9.17, 15) is 18.0 Å². The number of rotatable bonds is 7. The number of amidine groups is 1. The Morgan fingerprint density at radius 1 is 1.35 bits per heavy atom. The van der Waals surface area contributed by atoms with Crippen LogP contribution in [-0.4, -0.2) is 63.6 Å². The van der Waals surface area contributed by atoms with Crippen LogP contribution >= 0.6 is 11.3 Å². The number of aliphatic imine (C=N–C) groups is 2. The van der Waals surface area contributed by atoms with Crippen LogP contribution in [0.1, 0.15) is 34.5 Å². The number of hydrogen-bond acceptors (Lipinski definition) is 10. The number of anilines is 1. The topological polar surface area (TPSA) is 122 Å². The molecule has 0 N–H and O–H groups in total. The Morgan fingerprint density at radius 2 is 2.19 bits per heavy atom. The Hall–Kier alpha value is -3.98. The van der Waals surface area contributed by atoms with Crippen LogP contribution in [0.25, 0.3) is 10.7 Å². The highest BCUT2D eigenvalue weighted by atomic mass is 32.1. The van der Waals surface area contributed by atoms with E-state index in [-0.39, 0.29) is 25.0 Å². The first-order chi connectivity index (χ1) is 17.8. The van der Waals surface area contributed by atoms with Gasteiger partial charge in [-0.3, -0.25) is 9.79 Å². The SMILES string of the molecule is C=N/C=C\N=C(C)N(Cc1ccc(-c2noc(C(F)(F)F)n2)s1)c1cc(C(=O)N2CCCOC2)cnn1. The van der Waals surface area contributed by atoms with Gasteiger partial charge in [-0.05, 0) is 38.3 Å². The van der Waals surface area contributed by atoms with Gasteiger partial charge in [-0.1, -0.05) is 5.16 Å². The maximum atomic E-state index is 12.9. The van der Waals surface area contributed by atoms with E-state index in [1.54, 1.807) is 34.9 Å². The number of amides is 1. The van der Waals surface area contributed by atoms with Gasteiger partial charge in [0.1, 0.15) is 12.6 Å². The van der Waals surface area contributed by atoms with Gasteiger partial charge in [0.05, 0.1) is 29.8 Å². The van der Waals surface area contributed by atoms with Crippen molar-refractivity contribution in [2.24, 2.45) is 9.98 Å². The molecule has 1 saturated heterocycles. The first-order valence-corrected chi connectivity index (χ1v) is 11.7. The second kappa shape index (κ2) is 11.4. The van der Waals surface area contributed by atoms with Crippen molar-refractivity contribution >= 4 is 35.6 Å². The van der Waals surface area contributed by atoms with Crippen LogP contribution in [-0.2, 0) is 17.5 Å². The van der Waals surface area contributed by atoms with Gasteiger partial charge in [0.25, 0.3) is 5.91 Å². The molecular formula is C22H21F3N8O3S. The molecule has 1 fully saturated rings. The van der Waals surface area contributed by atoms with Crippen LogP contribution in [0.2, 0.25) is 0 Å². The number of carbonyl (C=O) groups excluding carboxylic acids is 1. The number of aromatic nitrogens is 4. The molecule has 0 aliphatic carbocycles. The van der Waals surface area contributed by atoms with Gasteiger partial charge in [-0.15, -0.1) is 16.4 Å². The smallest absolute Gasteiger partial charge is 0.361 e. The summed E-state index contributed by atoms with van der Waals surface area (Å²) < 4.78 is 48.2. The molecule has 0 bridgehead atoms. The van der Waals surface area contributed by atoms with Gasteiger partial charge in [-0.2, -0.15) is 23.3 Å². The van der Waals surface area contributed by atoms with Crippen molar-refractivity contribution in [2.75, 3.05) is 24.8 Å². The molecule has 0 atom stereocenters. The number of alkyl halides is 3. The third kappa shape index (κ3) is 6.42. The van der Waals surface area contributed by atoms with Crippen molar-refractivity contribution in [1.29, 1.82) is 0 Å². The zero-order chi connectivity index (χ0) is 26.4. The minimum atomic E-state index is -4.73. The number of thiophene rings is 1. The normalized spacial score (nSPS) is 14.8. The molecule has 11 nitrogen and oxygen atoms in total. The first-order valence-electron chi connectivity index (χ1n) is 10.9. The minimum absolute atomic E-state index is 0.170. The molecule has 15 heteroatoms. The number of ether oxygens (including phenoxy) is 1. The van der Waals surface area contributed by atoms with Crippen molar-refractivity contribution in [1.82, 2.24) is 25.2 Å². The summed E-state index contributed by atoms with van der Waals surface area (Å²) >= 11 is 1.18. The van der Waals surface area contributed by atoms with E-state index in [2.05, 4.69) is 41.6 Å². The molecule has 0 unspecified atom stereocenters. The number of carbonyl (C=O) groups is 1. The highest BCUT2D eigenvalue weighted by molar-refractivity contribution is 7.15. The van der Waals surface area contributed by atoms with Crippen LogP contribution in [0, 0.1) is 0 Å². The predicted molar refractivity (Wildman–Crippen MR) is 129 cm³/mol. The summed E-state index contributed by atoms with van der Waals surface area (Å²) in [7, 11) is 0. The van der Waals surface area contributed by atoms with Crippen molar-refractivity contribution in [2.45, 2.75) is 26.1 Å². The Balaban J connectivity index is 1.61. The average Bonchev–Trinajstić information content (AvgIpc) is 3.57. The van der Waals surface area contributed by atoms with E-state index in [1.165, 1.54) is 29.9 Å². The molecule has 3 aromatic heterocycles. The summed E-state index contributed by atoms with van der Waals surface area (Å²) in [6, 6.07) is 4.92. The van der Waals surface area contributed by atoms with E-state index < -0.39 is 12.1 Å². The fourth-order valence-corrected chi connectivity index (χ4v) is 4.26. The lowest BCUT2D eigenvalue weighted by molar-refractivity contribution is -0.159. The monoisotopic (exact) mass is 534 g/mol. The molecule has 0 aromatic carbocycles. The number of hydrogen-bond donors (Lipinski definition) is 0. The lowest BCUT2D eigenvalue weighted by Crippen LogP contribution is -2.38. The summed E-state index contributed by atoms with van der Waals surface area (Å²) in [4.78, 5) is 28.7. The second-order valence-corrected chi connectivity index (χ2v) is 8.86. The van der Waals surface area contributed by atoms with E-state index in [1.807, 2.05) is 0 Å². The van der Waals surface area contributed by atoms with Crippen molar-refractivity contribution in [3.05, 3.63) is 53.1 Å². The Morgan fingerprint density at radius 3 is 2.89 bits per heavy atom. The first kappa shape index (κ1) is 26.1. The van der Waals surface area contributed by atoms with E-state index >= 15 is 0 Å². The van der Waals surface area contributed by atoms with Crippen molar-refractivity contribution < 1.29 is 27.2 Å². The average molecular weight is 535 g/mol. The third-order valence-electron chi connectivity index (χ3n) is 5.10. The van der Waals surface area contributed by atoms with Gasteiger partial charge in [0.2, 0.25) is 5.82 Å². The summed E-state index contributed by atoms with van der Waals surface area (Å²) in [6.45, 7) is 6.69. The molecule has 1 aliphatic rings. The quantitative estimate of drug-likeness (QED) is 0.329. The van der Waals surface area contributed by atoms with Crippen LogP contribution < -0.4 is 4.90 Å². The number of halogens is 3. The predicted octanol–water partition coefficient (Wildman–Crippen LogP) is 4.02. The lowest BCUT2D eigenvalue weighted by Gasteiger charge is -2.27. The Kier molecular flexibility index (Phi) is 8.03. The summed E-state index contributed by atoms with van der Waals surface area (Å²) in [5.41, 5.74) is 0.329. The summed E-state index contributed by atoms with van der Waals surface area (Å²) in [6.07, 6.45) is 0.238. The van der Waals surface area contributed by atoms with Crippen molar-refractivity contribution in [3.63, 3.8) is 0 Å². The zero-order valence-corrected chi connectivity index (χ0v) is 20.4. The van der Waals surface area contributed by atoms with Crippen LogP contribution in [0.3, 0.4) is 0 Å².